The third kappa shape index (κ3) is 5.05. The van der Waals surface area contributed by atoms with Crippen molar-refractivity contribution >= 4 is 41.0 Å². The molecule has 1 heterocycles. The number of carbonyl (C=O) groups is 1. The molecule has 0 saturated heterocycles. The largest absolute Gasteiger partial charge is 0.323 e. The smallest absolute Gasteiger partial charge is 0.230 e. The summed E-state index contributed by atoms with van der Waals surface area (Å²) in [7, 11) is 1.76. The molecule has 0 radical (unpaired) electrons. The van der Waals surface area contributed by atoms with E-state index < -0.39 is 11.6 Å². The third-order valence-corrected chi connectivity index (χ3v) is 5.04. The number of halogens is 3. The Morgan fingerprint density at radius 3 is 2.50 bits per heavy atom. The van der Waals surface area contributed by atoms with E-state index in [0.29, 0.717) is 10.5 Å². The Bertz CT molecular complexity index is 1080. The van der Waals surface area contributed by atoms with Gasteiger partial charge < -0.3 is 9.88 Å². The highest BCUT2D eigenvalue weighted by atomic mass is 35.5. The lowest BCUT2D eigenvalue weighted by atomic mass is 10.2. The molecule has 0 aliphatic rings. The maximum absolute atomic E-state index is 13.9. The summed E-state index contributed by atoms with van der Waals surface area (Å²) >= 11 is 1.31. The number of nitrogens with zero attached hydrogens (tertiary/aromatic N) is 2. The topological polar surface area (TPSA) is 46.4 Å². The zero-order chi connectivity index (χ0) is 19.6. The van der Waals surface area contributed by atoms with Crippen molar-refractivity contribution in [3.63, 3.8) is 0 Å². The van der Waals surface area contributed by atoms with Gasteiger partial charge in [0.25, 0.3) is 0 Å². The zero-order valence-electron chi connectivity index (χ0n) is 15.6. The first-order chi connectivity index (χ1) is 12.8. The van der Waals surface area contributed by atoms with Gasteiger partial charge in [-0.3, -0.25) is 4.79 Å². The summed E-state index contributed by atoms with van der Waals surface area (Å²) in [5, 5.41) is 4.36. The molecule has 3 rings (SSSR count). The normalized spacial score (nSPS) is 11.2. The standard InChI is InChI=1S/C20H19F2N3OS.ClH/c1-12-5-7-17(16(22)8-12)23-19(26)10-14-11-27-20(25(14)3)24-18-9-13(2)4-6-15(18)21;/h4-9,11H,10H2,1-3H3,(H,23,26);1H. The van der Waals surface area contributed by atoms with Crippen LogP contribution in [0.25, 0.3) is 0 Å². The van der Waals surface area contributed by atoms with Crippen LogP contribution in [0, 0.1) is 25.5 Å². The Hall–Kier alpha value is -2.51. The van der Waals surface area contributed by atoms with E-state index in [1.807, 2.05) is 6.92 Å². The van der Waals surface area contributed by atoms with E-state index in [4.69, 9.17) is 0 Å². The van der Waals surface area contributed by atoms with Crippen LogP contribution in [0.4, 0.5) is 20.2 Å². The van der Waals surface area contributed by atoms with Gasteiger partial charge in [0.2, 0.25) is 5.91 Å². The fraction of sp³-hybridized carbons (Fsp3) is 0.200. The number of aryl methyl sites for hydroxylation is 2. The Morgan fingerprint density at radius 1 is 1.11 bits per heavy atom. The molecule has 0 fully saturated rings. The minimum Gasteiger partial charge on any atom is -0.323 e. The van der Waals surface area contributed by atoms with Gasteiger partial charge >= 0.3 is 0 Å². The van der Waals surface area contributed by atoms with Gasteiger partial charge in [0.1, 0.15) is 17.3 Å². The molecule has 0 atom stereocenters. The average Bonchev–Trinajstić information content (AvgIpc) is 2.94. The van der Waals surface area contributed by atoms with Crippen LogP contribution in [0.2, 0.25) is 0 Å². The quantitative estimate of drug-likeness (QED) is 0.642. The van der Waals surface area contributed by atoms with Gasteiger partial charge in [-0.05, 0) is 49.2 Å². The van der Waals surface area contributed by atoms with Crippen LogP contribution < -0.4 is 10.1 Å². The van der Waals surface area contributed by atoms with Crippen LogP contribution in [0.5, 0.6) is 0 Å². The first-order valence-electron chi connectivity index (χ1n) is 8.34. The van der Waals surface area contributed by atoms with E-state index in [9.17, 15) is 13.6 Å². The summed E-state index contributed by atoms with van der Waals surface area (Å²) in [6.45, 7) is 3.65. The van der Waals surface area contributed by atoms with Crippen LogP contribution in [-0.2, 0) is 18.3 Å². The Balaban J connectivity index is 0.00000280. The van der Waals surface area contributed by atoms with E-state index in [0.717, 1.165) is 11.1 Å². The van der Waals surface area contributed by atoms with Gasteiger partial charge in [0, 0.05) is 18.1 Å². The number of rotatable bonds is 4. The summed E-state index contributed by atoms with van der Waals surface area (Å²) in [6, 6.07) is 9.37. The molecular weight excluding hydrogens is 404 g/mol. The molecule has 1 aromatic heterocycles. The van der Waals surface area contributed by atoms with Crippen LogP contribution in [0.3, 0.4) is 0 Å². The molecule has 0 saturated carbocycles. The number of hydrogen-bond acceptors (Lipinski definition) is 3. The molecular formula is C20H20ClF2N3OS. The number of anilines is 1. The van der Waals surface area contributed by atoms with E-state index in [-0.39, 0.29) is 36.1 Å². The molecule has 28 heavy (non-hydrogen) atoms. The first-order valence-corrected chi connectivity index (χ1v) is 9.22. The molecule has 1 amide bonds. The van der Waals surface area contributed by atoms with Gasteiger partial charge in [-0.25, -0.2) is 13.8 Å². The summed E-state index contributed by atoms with van der Waals surface area (Å²) in [5.41, 5.74) is 2.80. The molecule has 0 bridgehead atoms. The molecule has 3 aromatic rings. The maximum Gasteiger partial charge on any atom is 0.230 e. The molecule has 0 unspecified atom stereocenters. The fourth-order valence-corrected chi connectivity index (χ4v) is 3.46. The Kier molecular flexibility index (Phi) is 7.10. The molecule has 4 nitrogen and oxygen atoms in total. The van der Waals surface area contributed by atoms with Crippen molar-refractivity contribution in [1.82, 2.24) is 4.57 Å². The predicted octanol–water partition coefficient (Wildman–Crippen LogP) is 4.82. The lowest BCUT2D eigenvalue weighted by molar-refractivity contribution is -0.115. The molecule has 2 aromatic carbocycles. The van der Waals surface area contributed by atoms with Crippen molar-refractivity contribution in [3.05, 3.63) is 75.0 Å². The monoisotopic (exact) mass is 423 g/mol. The second-order valence-electron chi connectivity index (χ2n) is 6.34. The summed E-state index contributed by atoms with van der Waals surface area (Å²) in [5.74, 6) is -1.20. The number of carbonyl (C=O) groups excluding carboxylic acids is 1. The van der Waals surface area contributed by atoms with Crippen molar-refractivity contribution in [2.24, 2.45) is 12.0 Å². The van der Waals surface area contributed by atoms with Gasteiger partial charge in [0.05, 0.1) is 12.1 Å². The second kappa shape index (κ2) is 9.12. The SMILES string of the molecule is Cc1ccc(NC(=O)Cc2csc(=Nc3cc(C)ccc3F)n2C)c(F)c1.Cl. The molecule has 0 aliphatic carbocycles. The first kappa shape index (κ1) is 21.8. The van der Waals surface area contributed by atoms with E-state index in [2.05, 4.69) is 10.3 Å². The molecule has 0 spiro atoms. The van der Waals surface area contributed by atoms with E-state index in [1.54, 1.807) is 42.1 Å². The zero-order valence-corrected chi connectivity index (χ0v) is 17.3. The Morgan fingerprint density at radius 2 is 1.79 bits per heavy atom. The Labute approximate surface area is 172 Å². The van der Waals surface area contributed by atoms with Crippen LogP contribution in [0.15, 0.2) is 46.8 Å². The molecule has 8 heteroatoms. The predicted molar refractivity (Wildman–Crippen MR) is 110 cm³/mol. The average molecular weight is 424 g/mol. The van der Waals surface area contributed by atoms with Crippen LogP contribution in [0.1, 0.15) is 16.8 Å². The minimum atomic E-state index is -0.469. The van der Waals surface area contributed by atoms with E-state index >= 15 is 0 Å². The third-order valence-electron chi connectivity index (χ3n) is 4.08. The van der Waals surface area contributed by atoms with Crippen molar-refractivity contribution in [2.75, 3.05) is 5.32 Å². The maximum atomic E-state index is 13.9. The van der Waals surface area contributed by atoms with Crippen molar-refractivity contribution in [3.8, 4) is 0 Å². The van der Waals surface area contributed by atoms with Gasteiger partial charge in [-0.15, -0.1) is 23.7 Å². The van der Waals surface area contributed by atoms with Crippen molar-refractivity contribution in [2.45, 2.75) is 20.3 Å². The number of amides is 1. The van der Waals surface area contributed by atoms with Gasteiger partial charge in [-0.2, -0.15) is 0 Å². The summed E-state index contributed by atoms with van der Waals surface area (Å²) < 4.78 is 29.5. The van der Waals surface area contributed by atoms with Crippen LogP contribution >= 0.6 is 23.7 Å². The summed E-state index contributed by atoms with van der Waals surface area (Å²) in [4.78, 5) is 17.2. The number of thiazole rings is 1. The van der Waals surface area contributed by atoms with Gasteiger partial charge in [-0.1, -0.05) is 12.1 Å². The lowest BCUT2D eigenvalue weighted by Gasteiger charge is -2.07. The lowest BCUT2D eigenvalue weighted by Crippen LogP contribution is -2.20. The molecule has 1 N–H and O–H groups in total. The number of nitrogens with one attached hydrogen (secondary N) is 1. The fourth-order valence-electron chi connectivity index (χ4n) is 2.56. The number of benzene rings is 2. The highest BCUT2D eigenvalue weighted by Crippen LogP contribution is 2.19. The second-order valence-corrected chi connectivity index (χ2v) is 7.18. The minimum absolute atomic E-state index is 0. The van der Waals surface area contributed by atoms with Crippen molar-refractivity contribution < 1.29 is 13.6 Å². The van der Waals surface area contributed by atoms with Gasteiger partial charge in [0.15, 0.2) is 4.80 Å². The number of aromatic nitrogens is 1. The van der Waals surface area contributed by atoms with E-state index in [1.165, 1.54) is 29.5 Å². The van der Waals surface area contributed by atoms with Crippen molar-refractivity contribution in [1.29, 1.82) is 0 Å². The summed E-state index contributed by atoms with van der Waals surface area (Å²) in [6.07, 6.45) is 0.0616. The molecule has 148 valence electrons. The highest BCUT2D eigenvalue weighted by molar-refractivity contribution is 7.07. The highest BCUT2D eigenvalue weighted by Gasteiger charge is 2.11. The number of hydrogen-bond donors (Lipinski definition) is 1. The molecule has 0 aliphatic heterocycles. The van der Waals surface area contributed by atoms with Crippen LogP contribution in [-0.4, -0.2) is 10.5 Å².